The van der Waals surface area contributed by atoms with Gasteiger partial charge in [0.25, 0.3) is 5.91 Å². The van der Waals surface area contributed by atoms with E-state index in [4.69, 9.17) is 4.74 Å². The van der Waals surface area contributed by atoms with Crippen molar-refractivity contribution in [2.24, 2.45) is 22.7 Å². The number of nitrogens with zero attached hydrogens (tertiary/aromatic N) is 1. The highest BCUT2D eigenvalue weighted by Gasteiger charge is 2.37. The molecule has 40 heavy (non-hydrogen) atoms. The number of fused-ring (bicyclic) bond motifs is 1. The number of benzene rings is 1. The first-order valence-electron chi connectivity index (χ1n) is 15.3. The van der Waals surface area contributed by atoms with Crippen LogP contribution in [0.25, 0.3) is 5.57 Å². The summed E-state index contributed by atoms with van der Waals surface area (Å²) in [6.45, 7) is 16.8. The number of ether oxygens (including phenoxy) is 1. The summed E-state index contributed by atoms with van der Waals surface area (Å²) in [5.74, 6) is 1.30. The SMILES string of the molecule is CCc1ccccc1C1=CC2C=CC(OCC(O)CCCC(C)(CC(C)(C)C)C(C)C)=CC2N(CCCO)C1=O. The third kappa shape index (κ3) is 8.33. The molecule has 1 aromatic rings. The minimum Gasteiger partial charge on any atom is -0.491 e. The second kappa shape index (κ2) is 14.0. The molecule has 5 heteroatoms. The normalized spacial score (nSPS) is 21.6. The summed E-state index contributed by atoms with van der Waals surface area (Å²) in [7, 11) is 0. The third-order valence-electron chi connectivity index (χ3n) is 8.72. The molecule has 2 aliphatic rings. The third-order valence-corrected chi connectivity index (χ3v) is 8.72. The van der Waals surface area contributed by atoms with E-state index in [0.717, 1.165) is 42.4 Å². The Morgan fingerprint density at radius 1 is 1.07 bits per heavy atom. The fourth-order valence-electron chi connectivity index (χ4n) is 6.35. The first kappa shape index (κ1) is 32.1. The van der Waals surface area contributed by atoms with Crippen molar-refractivity contribution in [3.05, 3.63) is 65.5 Å². The van der Waals surface area contributed by atoms with E-state index in [1.54, 1.807) is 0 Å². The molecule has 1 amide bonds. The van der Waals surface area contributed by atoms with Gasteiger partial charge in [-0.2, -0.15) is 0 Å². The van der Waals surface area contributed by atoms with Gasteiger partial charge in [-0.25, -0.2) is 0 Å². The maximum atomic E-state index is 13.7. The van der Waals surface area contributed by atoms with E-state index in [1.807, 2.05) is 35.3 Å². The van der Waals surface area contributed by atoms with E-state index >= 15 is 0 Å². The number of amides is 1. The summed E-state index contributed by atoms with van der Waals surface area (Å²) in [6.07, 6.45) is 12.9. The first-order valence-corrected chi connectivity index (χ1v) is 15.3. The van der Waals surface area contributed by atoms with Crippen LogP contribution in [-0.2, 0) is 16.0 Å². The van der Waals surface area contributed by atoms with Gasteiger partial charge in [-0.15, -0.1) is 0 Å². The maximum absolute atomic E-state index is 13.7. The average molecular weight is 552 g/mol. The van der Waals surface area contributed by atoms with Crippen molar-refractivity contribution in [2.75, 3.05) is 19.8 Å². The number of hydrogen-bond acceptors (Lipinski definition) is 4. The molecule has 1 aliphatic heterocycles. The summed E-state index contributed by atoms with van der Waals surface area (Å²) in [5.41, 5.74) is 3.40. The van der Waals surface area contributed by atoms with Crippen LogP contribution in [-0.4, -0.2) is 52.9 Å². The van der Waals surface area contributed by atoms with Gasteiger partial charge in [0.1, 0.15) is 12.4 Å². The zero-order chi connectivity index (χ0) is 29.5. The lowest BCUT2D eigenvalue weighted by molar-refractivity contribution is -0.127. The molecule has 0 saturated carbocycles. The molecule has 0 saturated heterocycles. The van der Waals surface area contributed by atoms with Gasteiger partial charge >= 0.3 is 0 Å². The van der Waals surface area contributed by atoms with Crippen molar-refractivity contribution in [2.45, 2.75) is 99.1 Å². The number of allylic oxidation sites excluding steroid dienone is 1. The van der Waals surface area contributed by atoms with Crippen molar-refractivity contribution in [3.63, 3.8) is 0 Å². The lowest BCUT2D eigenvalue weighted by Gasteiger charge is -2.40. The van der Waals surface area contributed by atoms with Gasteiger partial charge in [-0.05, 0) is 72.1 Å². The molecule has 3 rings (SSSR count). The Morgan fingerprint density at radius 3 is 2.45 bits per heavy atom. The topological polar surface area (TPSA) is 70.0 Å². The molecule has 1 heterocycles. The van der Waals surface area contributed by atoms with Crippen LogP contribution in [0.15, 0.2) is 54.3 Å². The van der Waals surface area contributed by atoms with Crippen molar-refractivity contribution >= 4 is 11.5 Å². The standard InChI is InChI=1S/C35H53NO4/c1-8-26-13-9-10-15-30(26)31-21-27-16-17-29(22-32(27)36(33(31)39)19-12-20-37)40-23-28(38)14-11-18-35(7,25(2)3)24-34(4,5)6/h9-10,13,15-17,21-22,25,27-28,32,37-38H,8,11-12,14,18-20,23-24H2,1-7H3. The summed E-state index contributed by atoms with van der Waals surface area (Å²) in [4.78, 5) is 15.6. The second-order valence-corrected chi connectivity index (χ2v) is 13.6. The number of aliphatic hydroxyl groups excluding tert-OH is 2. The zero-order valence-corrected chi connectivity index (χ0v) is 26.0. The van der Waals surface area contributed by atoms with Crippen molar-refractivity contribution < 1.29 is 19.7 Å². The van der Waals surface area contributed by atoms with E-state index < -0.39 is 6.10 Å². The van der Waals surface area contributed by atoms with Crippen LogP contribution in [0.5, 0.6) is 0 Å². The zero-order valence-electron chi connectivity index (χ0n) is 26.0. The number of carbonyl (C=O) groups excluding carboxylic acids is 1. The molecular formula is C35H53NO4. The highest BCUT2D eigenvalue weighted by Crippen LogP contribution is 2.43. The van der Waals surface area contributed by atoms with Crippen molar-refractivity contribution in [1.82, 2.24) is 4.90 Å². The van der Waals surface area contributed by atoms with Gasteiger partial charge in [-0.1, -0.05) is 91.3 Å². The van der Waals surface area contributed by atoms with Crippen LogP contribution in [0.1, 0.15) is 91.7 Å². The molecule has 1 aliphatic carbocycles. The molecule has 222 valence electrons. The van der Waals surface area contributed by atoms with E-state index in [1.165, 1.54) is 0 Å². The first-order chi connectivity index (χ1) is 18.9. The average Bonchev–Trinajstić information content (AvgIpc) is 2.90. The number of aryl methyl sites for hydroxylation is 1. The fraction of sp³-hybridized carbons (Fsp3) is 0.629. The summed E-state index contributed by atoms with van der Waals surface area (Å²) in [5, 5.41) is 20.2. The summed E-state index contributed by atoms with van der Waals surface area (Å²) >= 11 is 0. The molecule has 0 radical (unpaired) electrons. The van der Waals surface area contributed by atoms with E-state index in [-0.39, 0.29) is 41.9 Å². The van der Waals surface area contributed by atoms with Crippen LogP contribution in [0.3, 0.4) is 0 Å². The highest BCUT2D eigenvalue weighted by atomic mass is 16.5. The molecular weight excluding hydrogens is 498 g/mol. The van der Waals surface area contributed by atoms with Gasteiger partial charge in [0.2, 0.25) is 0 Å². The van der Waals surface area contributed by atoms with Gasteiger partial charge in [0.15, 0.2) is 0 Å². The lowest BCUT2D eigenvalue weighted by Crippen LogP contribution is -2.48. The molecule has 0 bridgehead atoms. The Balaban J connectivity index is 1.66. The molecule has 4 atom stereocenters. The van der Waals surface area contributed by atoms with E-state index in [2.05, 4.69) is 66.7 Å². The molecule has 2 N–H and O–H groups in total. The Kier molecular flexibility index (Phi) is 11.3. The van der Waals surface area contributed by atoms with Gasteiger partial charge in [0, 0.05) is 24.6 Å². The van der Waals surface area contributed by atoms with E-state index in [9.17, 15) is 15.0 Å². The molecule has 0 aromatic heterocycles. The molecule has 0 fully saturated rings. The molecule has 4 unspecified atom stereocenters. The number of aliphatic hydroxyl groups is 2. The van der Waals surface area contributed by atoms with Gasteiger partial charge < -0.3 is 19.8 Å². The molecule has 0 spiro atoms. The smallest absolute Gasteiger partial charge is 0.254 e. The highest BCUT2D eigenvalue weighted by molar-refractivity contribution is 6.20. The summed E-state index contributed by atoms with van der Waals surface area (Å²) in [6, 6.07) is 7.93. The second-order valence-electron chi connectivity index (χ2n) is 13.6. The van der Waals surface area contributed by atoms with E-state index in [0.29, 0.717) is 31.1 Å². The van der Waals surface area contributed by atoms with Crippen molar-refractivity contribution in [3.8, 4) is 0 Å². The van der Waals surface area contributed by atoms with Crippen LogP contribution in [0, 0.1) is 22.7 Å². The fourth-order valence-corrected chi connectivity index (χ4v) is 6.35. The molecule has 1 aromatic carbocycles. The van der Waals surface area contributed by atoms with Crippen molar-refractivity contribution in [1.29, 1.82) is 0 Å². The minimum atomic E-state index is -0.534. The predicted molar refractivity (Wildman–Crippen MR) is 165 cm³/mol. The quantitative estimate of drug-likeness (QED) is 0.263. The number of hydrogen-bond donors (Lipinski definition) is 2. The van der Waals surface area contributed by atoms with Crippen LogP contribution < -0.4 is 0 Å². The Labute approximate surface area is 243 Å². The van der Waals surface area contributed by atoms with Gasteiger partial charge in [-0.3, -0.25) is 4.79 Å². The Bertz CT molecular complexity index is 1080. The Morgan fingerprint density at radius 2 is 1.80 bits per heavy atom. The minimum absolute atomic E-state index is 0.00927. The number of rotatable bonds is 14. The van der Waals surface area contributed by atoms with Crippen LogP contribution >= 0.6 is 0 Å². The predicted octanol–water partition coefficient (Wildman–Crippen LogP) is 6.94. The Hall–Kier alpha value is -2.37. The van der Waals surface area contributed by atoms with Crippen LogP contribution in [0.2, 0.25) is 0 Å². The monoisotopic (exact) mass is 551 g/mol. The van der Waals surface area contributed by atoms with Crippen LogP contribution in [0.4, 0.5) is 0 Å². The molecule has 5 nitrogen and oxygen atoms in total. The number of carbonyl (C=O) groups is 1. The maximum Gasteiger partial charge on any atom is 0.254 e. The van der Waals surface area contributed by atoms with Gasteiger partial charge in [0.05, 0.1) is 12.1 Å². The largest absolute Gasteiger partial charge is 0.491 e. The summed E-state index contributed by atoms with van der Waals surface area (Å²) < 4.78 is 6.06. The lowest BCUT2D eigenvalue weighted by atomic mass is 9.66.